The number of nitrogens with zero attached hydrogens (tertiary/aromatic N) is 1. The molecule has 1 unspecified atom stereocenters. The van der Waals surface area contributed by atoms with E-state index in [9.17, 15) is 4.39 Å². The maximum Gasteiger partial charge on any atom is 0.137 e. The van der Waals surface area contributed by atoms with Crippen LogP contribution >= 0.6 is 0 Å². The van der Waals surface area contributed by atoms with Crippen LogP contribution < -0.4 is 5.73 Å². The molecule has 0 bridgehead atoms. The van der Waals surface area contributed by atoms with Crippen LogP contribution in [0.15, 0.2) is 40.8 Å². The third-order valence-corrected chi connectivity index (χ3v) is 4.57. The van der Waals surface area contributed by atoms with Gasteiger partial charge in [-0.1, -0.05) is 26.0 Å². The molecule has 0 spiro atoms. The van der Waals surface area contributed by atoms with Gasteiger partial charge in [-0.05, 0) is 36.1 Å². The highest BCUT2D eigenvalue weighted by molar-refractivity contribution is 5.58. The van der Waals surface area contributed by atoms with Crippen molar-refractivity contribution >= 4 is 0 Å². The summed E-state index contributed by atoms with van der Waals surface area (Å²) in [5, 5.41) is 0. The van der Waals surface area contributed by atoms with Crippen molar-refractivity contribution in [2.75, 3.05) is 13.1 Å². The number of furan rings is 1. The molecule has 1 atom stereocenters. The van der Waals surface area contributed by atoms with Gasteiger partial charge in [0, 0.05) is 19.1 Å². The first-order valence-corrected chi connectivity index (χ1v) is 7.77. The van der Waals surface area contributed by atoms with Crippen LogP contribution in [0.2, 0.25) is 0 Å². The molecule has 3 rings (SSSR count). The molecular weight excluding hydrogens is 279 g/mol. The SMILES string of the molecule is CC1(C)CN(Cc2ccc(-c3ccccc3F)o2)CCC1N. The van der Waals surface area contributed by atoms with Gasteiger partial charge in [-0.2, -0.15) is 0 Å². The van der Waals surface area contributed by atoms with Gasteiger partial charge < -0.3 is 10.2 Å². The number of likely N-dealkylation sites (tertiary alicyclic amines) is 1. The van der Waals surface area contributed by atoms with E-state index in [1.54, 1.807) is 12.1 Å². The highest BCUT2D eigenvalue weighted by Crippen LogP contribution is 2.30. The summed E-state index contributed by atoms with van der Waals surface area (Å²) in [6.45, 7) is 7.07. The van der Waals surface area contributed by atoms with Crippen molar-refractivity contribution in [2.24, 2.45) is 11.1 Å². The molecule has 1 aliphatic rings. The zero-order valence-corrected chi connectivity index (χ0v) is 13.2. The van der Waals surface area contributed by atoms with E-state index < -0.39 is 0 Å². The van der Waals surface area contributed by atoms with Crippen LogP contribution in [0, 0.1) is 11.2 Å². The van der Waals surface area contributed by atoms with Gasteiger partial charge >= 0.3 is 0 Å². The topological polar surface area (TPSA) is 42.4 Å². The van der Waals surface area contributed by atoms with Crippen LogP contribution in [-0.4, -0.2) is 24.0 Å². The second-order valence-corrected chi connectivity index (χ2v) is 6.84. The van der Waals surface area contributed by atoms with Crippen LogP contribution in [0.5, 0.6) is 0 Å². The molecule has 4 heteroatoms. The normalized spacial score (nSPS) is 21.9. The molecular formula is C18H23FN2O. The van der Waals surface area contributed by atoms with Gasteiger partial charge in [-0.25, -0.2) is 4.39 Å². The molecule has 2 N–H and O–H groups in total. The zero-order chi connectivity index (χ0) is 15.7. The lowest BCUT2D eigenvalue weighted by atomic mass is 9.80. The second-order valence-electron chi connectivity index (χ2n) is 6.84. The van der Waals surface area contributed by atoms with Gasteiger partial charge in [0.05, 0.1) is 12.1 Å². The van der Waals surface area contributed by atoms with Crippen molar-refractivity contribution in [3.05, 3.63) is 48.0 Å². The Morgan fingerprint density at radius 3 is 2.77 bits per heavy atom. The number of halogens is 1. The van der Waals surface area contributed by atoms with Crippen LogP contribution in [0.25, 0.3) is 11.3 Å². The Morgan fingerprint density at radius 1 is 1.27 bits per heavy atom. The molecule has 3 nitrogen and oxygen atoms in total. The predicted octanol–water partition coefficient (Wildman–Crippen LogP) is 3.64. The highest BCUT2D eigenvalue weighted by Gasteiger charge is 2.33. The Bertz CT molecular complexity index is 650. The van der Waals surface area contributed by atoms with E-state index in [0.717, 1.165) is 31.8 Å². The molecule has 1 aromatic carbocycles. The average Bonchev–Trinajstić information content (AvgIpc) is 2.91. The summed E-state index contributed by atoms with van der Waals surface area (Å²) in [6, 6.07) is 10.7. The van der Waals surface area contributed by atoms with Crippen molar-refractivity contribution in [1.29, 1.82) is 0 Å². The van der Waals surface area contributed by atoms with Gasteiger partial charge in [0.2, 0.25) is 0 Å². The van der Waals surface area contributed by atoms with Gasteiger partial charge in [0.25, 0.3) is 0 Å². The van der Waals surface area contributed by atoms with Gasteiger partial charge in [-0.3, -0.25) is 4.90 Å². The smallest absolute Gasteiger partial charge is 0.137 e. The standard InChI is InChI=1S/C18H23FN2O/c1-18(2)12-21(10-9-17(18)20)11-13-7-8-16(22-13)14-5-3-4-6-15(14)19/h3-8,17H,9-12,20H2,1-2H3. The van der Waals surface area contributed by atoms with Gasteiger partial charge in [-0.15, -0.1) is 0 Å². The van der Waals surface area contributed by atoms with E-state index in [1.165, 1.54) is 6.07 Å². The first kappa shape index (κ1) is 15.3. The lowest BCUT2D eigenvalue weighted by Gasteiger charge is -2.42. The number of nitrogens with two attached hydrogens (primary N) is 1. The fourth-order valence-corrected chi connectivity index (χ4v) is 3.11. The molecule has 1 aromatic heterocycles. The maximum atomic E-state index is 13.8. The minimum atomic E-state index is -0.256. The average molecular weight is 302 g/mol. The third kappa shape index (κ3) is 3.08. The maximum absolute atomic E-state index is 13.8. The molecule has 2 aromatic rings. The van der Waals surface area contributed by atoms with Crippen LogP contribution in [0.3, 0.4) is 0 Å². The summed E-state index contributed by atoms with van der Waals surface area (Å²) in [6.07, 6.45) is 0.994. The third-order valence-electron chi connectivity index (χ3n) is 4.57. The predicted molar refractivity (Wildman–Crippen MR) is 85.8 cm³/mol. The quantitative estimate of drug-likeness (QED) is 0.941. The molecule has 0 saturated carbocycles. The fraction of sp³-hybridized carbons (Fsp3) is 0.444. The van der Waals surface area contributed by atoms with E-state index in [-0.39, 0.29) is 17.3 Å². The van der Waals surface area contributed by atoms with Gasteiger partial charge in [0.15, 0.2) is 0 Å². The summed E-state index contributed by atoms with van der Waals surface area (Å²) in [5.74, 6) is 1.19. The lowest BCUT2D eigenvalue weighted by molar-refractivity contribution is 0.0846. The number of hydrogen-bond donors (Lipinski definition) is 1. The largest absolute Gasteiger partial charge is 0.460 e. The van der Waals surface area contributed by atoms with Crippen molar-refractivity contribution in [2.45, 2.75) is 32.9 Å². The minimum absolute atomic E-state index is 0.110. The fourth-order valence-electron chi connectivity index (χ4n) is 3.11. The molecule has 22 heavy (non-hydrogen) atoms. The molecule has 1 aliphatic heterocycles. The molecule has 0 aliphatic carbocycles. The van der Waals surface area contributed by atoms with Crippen molar-refractivity contribution in [1.82, 2.24) is 4.90 Å². The highest BCUT2D eigenvalue weighted by atomic mass is 19.1. The minimum Gasteiger partial charge on any atom is -0.460 e. The van der Waals surface area contributed by atoms with E-state index in [2.05, 4.69) is 18.7 Å². The molecule has 2 heterocycles. The summed E-state index contributed by atoms with van der Waals surface area (Å²) >= 11 is 0. The molecule has 0 amide bonds. The number of hydrogen-bond acceptors (Lipinski definition) is 3. The van der Waals surface area contributed by atoms with Crippen molar-refractivity contribution < 1.29 is 8.81 Å². The second kappa shape index (κ2) is 5.86. The van der Waals surface area contributed by atoms with E-state index in [4.69, 9.17) is 10.2 Å². The lowest BCUT2D eigenvalue weighted by Crippen LogP contribution is -2.51. The van der Waals surface area contributed by atoms with E-state index >= 15 is 0 Å². The summed E-state index contributed by atoms with van der Waals surface area (Å²) < 4.78 is 19.6. The van der Waals surface area contributed by atoms with Gasteiger partial charge in [0.1, 0.15) is 17.3 Å². The van der Waals surface area contributed by atoms with Crippen LogP contribution in [0.1, 0.15) is 26.0 Å². The number of rotatable bonds is 3. The molecule has 1 saturated heterocycles. The Hall–Kier alpha value is -1.65. The summed E-state index contributed by atoms with van der Waals surface area (Å²) in [5.41, 5.74) is 6.79. The molecule has 118 valence electrons. The van der Waals surface area contributed by atoms with E-state index in [0.29, 0.717) is 11.3 Å². The van der Waals surface area contributed by atoms with Crippen LogP contribution in [0.4, 0.5) is 4.39 Å². The Morgan fingerprint density at radius 2 is 2.05 bits per heavy atom. The molecule has 1 fully saturated rings. The first-order chi connectivity index (χ1) is 10.5. The first-order valence-electron chi connectivity index (χ1n) is 7.77. The number of benzene rings is 1. The van der Waals surface area contributed by atoms with Crippen LogP contribution in [-0.2, 0) is 6.54 Å². The van der Waals surface area contributed by atoms with E-state index in [1.807, 2.05) is 18.2 Å². The summed E-state index contributed by atoms with van der Waals surface area (Å²) in [4.78, 5) is 2.35. The van der Waals surface area contributed by atoms with Crippen molar-refractivity contribution in [3.8, 4) is 11.3 Å². The Labute approximate surface area is 130 Å². The Balaban J connectivity index is 1.72. The summed E-state index contributed by atoms with van der Waals surface area (Å²) in [7, 11) is 0. The van der Waals surface area contributed by atoms with Crippen molar-refractivity contribution in [3.63, 3.8) is 0 Å². The zero-order valence-electron chi connectivity index (χ0n) is 13.2. The number of piperidine rings is 1. The molecule has 0 radical (unpaired) electrons. The Kier molecular flexibility index (Phi) is 4.06. The monoisotopic (exact) mass is 302 g/mol.